The van der Waals surface area contributed by atoms with Crippen molar-refractivity contribution in [3.05, 3.63) is 70.5 Å². The number of aromatic nitrogens is 1. The summed E-state index contributed by atoms with van der Waals surface area (Å²) < 4.78 is 23.2. The maximum absolute atomic E-state index is 14.4. The Hall–Kier alpha value is -2.98. The van der Waals surface area contributed by atoms with Gasteiger partial charge in [-0.25, -0.2) is 4.39 Å². The molecule has 4 heteroatoms. The largest absolute Gasteiger partial charge is 0.455 e. The Morgan fingerprint density at radius 1 is 0.861 bits per heavy atom. The molecule has 0 radical (unpaired) electrons. The third-order valence-corrected chi connectivity index (χ3v) is 9.80. The van der Waals surface area contributed by atoms with Crippen LogP contribution in [-0.4, -0.2) is 8.07 Å². The first-order valence-corrected chi connectivity index (χ1v) is 16.5. The number of hydrogen-bond acceptors (Lipinski definition) is 1. The molecule has 5 aromatic rings. The smallest absolute Gasteiger partial charge is 0.217 e. The number of aryl methyl sites for hydroxylation is 3. The number of halogens is 1. The maximum Gasteiger partial charge on any atom is 0.217 e. The fourth-order valence-corrected chi connectivity index (χ4v) is 6.65. The Morgan fingerprint density at radius 2 is 1.58 bits per heavy atom. The average Bonchev–Trinajstić information content (AvgIpc) is 3.16. The molecule has 2 aromatic heterocycles. The molecule has 0 aliphatic carbocycles. The molecule has 36 heavy (non-hydrogen) atoms. The molecule has 2 nitrogen and oxygen atoms in total. The Kier molecular flexibility index (Phi) is 5.87. The minimum atomic E-state index is -1.44. The number of rotatable bonds is 4. The molecule has 2 heterocycles. The SMILES string of the molecule is Cc1cc2c(oc3c(C)c(F)ccc32)c(-c2cc(CC(C)C)c3cc([Si](C)(C)C)ccc3[n+]2C)c1C. The predicted molar refractivity (Wildman–Crippen MR) is 154 cm³/mol. The molecule has 0 saturated heterocycles. The van der Waals surface area contributed by atoms with Crippen molar-refractivity contribution in [2.24, 2.45) is 13.0 Å². The average molecular weight is 499 g/mol. The number of pyridine rings is 1. The summed E-state index contributed by atoms with van der Waals surface area (Å²) in [6.45, 7) is 17.9. The Balaban J connectivity index is 1.91. The Bertz CT molecular complexity index is 1670. The van der Waals surface area contributed by atoms with Crippen LogP contribution in [-0.2, 0) is 13.5 Å². The molecule has 186 valence electrons. The number of benzene rings is 3. The number of furan rings is 1. The molecular formula is C32H37FNOSi+. The van der Waals surface area contributed by atoms with Crippen LogP contribution in [0.2, 0.25) is 19.6 Å². The van der Waals surface area contributed by atoms with Crippen molar-refractivity contribution < 1.29 is 13.4 Å². The molecule has 0 atom stereocenters. The van der Waals surface area contributed by atoms with Crippen LogP contribution in [0.3, 0.4) is 0 Å². The summed E-state index contributed by atoms with van der Waals surface area (Å²) in [5.41, 5.74) is 9.30. The second-order valence-electron chi connectivity index (χ2n) is 11.9. The lowest BCUT2D eigenvalue weighted by molar-refractivity contribution is -0.633. The molecule has 5 rings (SSSR count). The summed E-state index contributed by atoms with van der Waals surface area (Å²) in [4.78, 5) is 0. The van der Waals surface area contributed by atoms with E-state index >= 15 is 0 Å². The van der Waals surface area contributed by atoms with E-state index in [4.69, 9.17) is 4.42 Å². The van der Waals surface area contributed by atoms with Gasteiger partial charge in [0.15, 0.2) is 0 Å². The van der Waals surface area contributed by atoms with Gasteiger partial charge in [-0.3, -0.25) is 0 Å². The van der Waals surface area contributed by atoms with Gasteiger partial charge in [0.2, 0.25) is 11.2 Å². The maximum atomic E-state index is 14.4. The zero-order valence-electron chi connectivity index (χ0n) is 23.1. The van der Waals surface area contributed by atoms with Gasteiger partial charge in [-0.05, 0) is 74.1 Å². The Morgan fingerprint density at radius 3 is 2.25 bits per heavy atom. The first-order chi connectivity index (χ1) is 16.9. The van der Waals surface area contributed by atoms with E-state index in [1.165, 1.54) is 32.8 Å². The fraction of sp³-hybridized carbons (Fsp3) is 0.344. The highest BCUT2D eigenvalue weighted by Gasteiger charge is 2.27. The van der Waals surface area contributed by atoms with Crippen molar-refractivity contribution in [1.82, 2.24) is 0 Å². The number of hydrogen-bond donors (Lipinski definition) is 0. The van der Waals surface area contributed by atoms with E-state index in [0.29, 0.717) is 17.1 Å². The van der Waals surface area contributed by atoms with Crippen molar-refractivity contribution in [3.63, 3.8) is 0 Å². The van der Waals surface area contributed by atoms with E-state index < -0.39 is 8.07 Å². The second-order valence-corrected chi connectivity index (χ2v) is 17.0. The van der Waals surface area contributed by atoms with Crippen LogP contribution in [0.25, 0.3) is 44.1 Å². The molecule has 0 amide bonds. The number of nitrogens with zero attached hydrogens (tertiary/aromatic N) is 1. The van der Waals surface area contributed by atoms with Gasteiger partial charge in [-0.15, -0.1) is 0 Å². The van der Waals surface area contributed by atoms with E-state index in [-0.39, 0.29) is 5.82 Å². The third-order valence-electron chi connectivity index (χ3n) is 7.76. The van der Waals surface area contributed by atoms with Gasteiger partial charge >= 0.3 is 0 Å². The normalized spacial score (nSPS) is 12.5. The summed E-state index contributed by atoms with van der Waals surface area (Å²) >= 11 is 0. The van der Waals surface area contributed by atoms with Crippen molar-refractivity contribution in [1.29, 1.82) is 0 Å². The lowest BCUT2D eigenvalue weighted by atomic mass is 9.92. The quantitative estimate of drug-likeness (QED) is 0.181. The molecule has 0 spiro atoms. The van der Waals surface area contributed by atoms with Crippen LogP contribution < -0.4 is 9.75 Å². The summed E-state index contributed by atoms with van der Waals surface area (Å²) in [5.74, 6) is 0.310. The molecule has 0 bridgehead atoms. The molecule has 0 aliphatic rings. The van der Waals surface area contributed by atoms with Crippen LogP contribution in [0.5, 0.6) is 0 Å². The predicted octanol–water partition coefficient (Wildman–Crippen LogP) is 8.04. The molecule has 0 saturated carbocycles. The lowest BCUT2D eigenvalue weighted by Gasteiger charge is -2.19. The highest BCUT2D eigenvalue weighted by Crippen LogP contribution is 2.40. The summed E-state index contributed by atoms with van der Waals surface area (Å²) in [6.07, 6.45) is 1.01. The molecule has 0 fully saturated rings. The van der Waals surface area contributed by atoms with Crippen LogP contribution in [0.15, 0.2) is 46.9 Å². The van der Waals surface area contributed by atoms with Gasteiger partial charge < -0.3 is 4.42 Å². The lowest BCUT2D eigenvalue weighted by Crippen LogP contribution is -2.39. The minimum Gasteiger partial charge on any atom is -0.455 e. The van der Waals surface area contributed by atoms with Crippen molar-refractivity contribution in [3.8, 4) is 11.3 Å². The zero-order chi connectivity index (χ0) is 26.1. The highest BCUT2D eigenvalue weighted by molar-refractivity contribution is 6.88. The molecule has 0 aliphatic heterocycles. The monoisotopic (exact) mass is 498 g/mol. The van der Waals surface area contributed by atoms with Gasteiger partial charge in [-0.2, -0.15) is 4.57 Å². The van der Waals surface area contributed by atoms with E-state index in [0.717, 1.165) is 34.0 Å². The van der Waals surface area contributed by atoms with Crippen LogP contribution in [0, 0.1) is 32.5 Å². The van der Waals surface area contributed by atoms with E-state index in [2.05, 4.69) is 89.3 Å². The highest BCUT2D eigenvalue weighted by atomic mass is 28.3. The first kappa shape index (κ1) is 24.7. The van der Waals surface area contributed by atoms with Gasteiger partial charge in [0.1, 0.15) is 24.0 Å². The summed E-state index contributed by atoms with van der Waals surface area (Å²) in [5, 5.41) is 4.85. The summed E-state index contributed by atoms with van der Waals surface area (Å²) in [6, 6.07) is 15.0. The van der Waals surface area contributed by atoms with Gasteiger partial charge in [0.25, 0.3) is 0 Å². The van der Waals surface area contributed by atoms with Crippen molar-refractivity contribution >= 4 is 46.1 Å². The second kappa shape index (κ2) is 8.55. The molecular weight excluding hydrogens is 461 g/mol. The molecule has 0 N–H and O–H groups in total. The van der Waals surface area contributed by atoms with Gasteiger partial charge in [0, 0.05) is 33.9 Å². The van der Waals surface area contributed by atoms with Crippen LogP contribution >= 0.6 is 0 Å². The van der Waals surface area contributed by atoms with E-state index in [1.54, 1.807) is 13.0 Å². The van der Waals surface area contributed by atoms with Gasteiger partial charge in [0.05, 0.1) is 13.6 Å². The molecule has 0 unspecified atom stereocenters. The standard InChI is InChI=1S/C32H37FNOSi/c1-18(2)14-22-16-29(34(6)28-13-10-23(17-25(22)28)36(7,8)9)30-20(4)19(3)15-26-24-11-12-27(33)21(5)31(24)35-32(26)30/h10-13,15-18H,14H2,1-9H3/q+1. The molecule has 3 aromatic carbocycles. The Labute approximate surface area is 214 Å². The third kappa shape index (κ3) is 3.87. The van der Waals surface area contributed by atoms with Crippen LogP contribution in [0.4, 0.5) is 4.39 Å². The van der Waals surface area contributed by atoms with Crippen molar-refractivity contribution in [2.75, 3.05) is 0 Å². The van der Waals surface area contributed by atoms with Crippen molar-refractivity contribution in [2.45, 2.75) is 60.7 Å². The van der Waals surface area contributed by atoms with E-state index in [1.807, 2.05) is 6.07 Å². The topological polar surface area (TPSA) is 17.0 Å². The zero-order valence-corrected chi connectivity index (χ0v) is 24.1. The summed E-state index contributed by atoms with van der Waals surface area (Å²) in [7, 11) is 0.714. The number of fused-ring (bicyclic) bond motifs is 4. The first-order valence-electron chi connectivity index (χ1n) is 13.0. The van der Waals surface area contributed by atoms with Crippen LogP contribution in [0.1, 0.15) is 36.1 Å². The van der Waals surface area contributed by atoms with E-state index in [9.17, 15) is 4.39 Å². The fourth-order valence-electron chi connectivity index (χ4n) is 5.49. The minimum absolute atomic E-state index is 0.231. The van der Waals surface area contributed by atoms with Gasteiger partial charge in [-0.1, -0.05) is 44.7 Å².